The number of rotatable bonds is 9. The lowest BCUT2D eigenvalue weighted by Gasteiger charge is -2.32. The van der Waals surface area contributed by atoms with Gasteiger partial charge in [-0.25, -0.2) is 0 Å². The van der Waals surface area contributed by atoms with E-state index in [-0.39, 0.29) is 6.61 Å². The van der Waals surface area contributed by atoms with E-state index in [1.54, 1.807) is 0 Å². The summed E-state index contributed by atoms with van der Waals surface area (Å²) < 4.78 is 5.33. The van der Waals surface area contributed by atoms with Crippen molar-refractivity contribution in [1.29, 1.82) is 0 Å². The van der Waals surface area contributed by atoms with E-state index >= 15 is 0 Å². The number of aliphatic hydroxyl groups excluding tert-OH is 1. The van der Waals surface area contributed by atoms with Gasteiger partial charge in [-0.15, -0.1) is 0 Å². The summed E-state index contributed by atoms with van der Waals surface area (Å²) in [4.78, 5) is 2.49. The van der Waals surface area contributed by atoms with Crippen LogP contribution in [-0.4, -0.2) is 62.6 Å². The molecule has 0 bridgehead atoms. The topological polar surface area (TPSA) is 44.7 Å². The van der Waals surface area contributed by atoms with Crippen molar-refractivity contribution in [1.82, 2.24) is 10.2 Å². The van der Waals surface area contributed by atoms with Crippen LogP contribution in [0, 0.1) is 11.8 Å². The number of aliphatic hydroxyl groups is 1. The van der Waals surface area contributed by atoms with Gasteiger partial charge in [0.15, 0.2) is 0 Å². The average Bonchev–Trinajstić information content (AvgIpc) is 2.35. The van der Waals surface area contributed by atoms with Gasteiger partial charge in [-0.1, -0.05) is 13.8 Å². The van der Waals surface area contributed by atoms with Crippen molar-refractivity contribution in [2.75, 3.05) is 52.5 Å². The van der Waals surface area contributed by atoms with Crippen molar-refractivity contribution in [2.45, 2.75) is 26.7 Å². The molecule has 1 aliphatic rings. The molecule has 0 aromatic rings. The number of piperidine rings is 1. The Bertz CT molecular complexity index is 200. The zero-order valence-electron chi connectivity index (χ0n) is 12.0. The van der Waals surface area contributed by atoms with Crippen LogP contribution in [0.15, 0.2) is 0 Å². The van der Waals surface area contributed by atoms with Crippen LogP contribution in [0.5, 0.6) is 0 Å². The Kier molecular flexibility index (Phi) is 8.59. The number of nitrogens with zero attached hydrogens (tertiary/aromatic N) is 1. The molecule has 0 aliphatic carbocycles. The fourth-order valence-corrected chi connectivity index (χ4v) is 2.46. The molecule has 1 atom stereocenters. The van der Waals surface area contributed by atoms with Gasteiger partial charge < -0.3 is 20.1 Å². The fourth-order valence-electron chi connectivity index (χ4n) is 2.46. The van der Waals surface area contributed by atoms with Crippen molar-refractivity contribution < 1.29 is 9.84 Å². The molecule has 108 valence electrons. The van der Waals surface area contributed by atoms with Gasteiger partial charge in [0, 0.05) is 13.1 Å². The third-order valence-corrected chi connectivity index (χ3v) is 3.38. The molecule has 1 fully saturated rings. The maximum atomic E-state index is 8.64. The van der Waals surface area contributed by atoms with E-state index in [4.69, 9.17) is 9.84 Å². The molecule has 0 amide bonds. The Hall–Kier alpha value is -0.160. The average molecular weight is 258 g/mol. The molecule has 0 saturated carbocycles. The summed E-state index contributed by atoms with van der Waals surface area (Å²) in [5, 5.41) is 12.2. The predicted octanol–water partition coefficient (Wildman–Crippen LogP) is 0.953. The second-order valence-corrected chi connectivity index (χ2v) is 5.70. The quantitative estimate of drug-likeness (QED) is 0.605. The van der Waals surface area contributed by atoms with Gasteiger partial charge in [0.1, 0.15) is 0 Å². The minimum absolute atomic E-state index is 0.127. The van der Waals surface area contributed by atoms with Gasteiger partial charge >= 0.3 is 0 Å². The molecule has 1 heterocycles. The highest BCUT2D eigenvalue weighted by Crippen LogP contribution is 2.15. The lowest BCUT2D eigenvalue weighted by atomic mass is 9.98. The summed E-state index contributed by atoms with van der Waals surface area (Å²) in [5.74, 6) is 1.52. The van der Waals surface area contributed by atoms with E-state index in [1.165, 1.54) is 25.9 Å². The lowest BCUT2D eigenvalue weighted by molar-refractivity contribution is 0.0625. The maximum absolute atomic E-state index is 8.64. The lowest BCUT2D eigenvalue weighted by Crippen LogP contribution is -2.41. The Morgan fingerprint density at radius 2 is 2.22 bits per heavy atom. The molecule has 1 unspecified atom stereocenters. The van der Waals surface area contributed by atoms with Gasteiger partial charge in [0.25, 0.3) is 0 Å². The number of hydrogen-bond acceptors (Lipinski definition) is 4. The SMILES string of the molecule is CC(C)CNCC1CCCN(CCOCCO)C1. The first kappa shape index (κ1) is 15.9. The molecule has 4 heteroatoms. The molecule has 1 rings (SSSR count). The zero-order valence-corrected chi connectivity index (χ0v) is 12.0. The van der Waals surface area contributed by atoms with Crippen molar-refractivity contribution in [2.24, 2.45) is 11.8 Å². The summed E-state index contributed by atoms with van der Waals surface area (Å²) in [5.41, 5.74) is 0. The first-order valence-corrected chi connectivity index (χ1v) is 7.34. The number of hydrogen-bond donors (Lipinski definition) is 2. The van der Waals surface area contributed by atoms with Gasteiger partial charge in [-0.3, -0.25) is 0 Å². The van der Waals surface area contributed by atoms with Crippen molar-refractivity contribution in [3.63, 3.8) is 0 Å². The molecule has 1 aliphatic heterocycles. The van der Waals surface area contributed by atoms with Crippen molar-refractivity contribution in [3.8, 4) is 0 Å². The predicted molar refractivity (Wildman–Crippen MR) is 74.8 cm³/mol. The van der Waals surface area contributed by atoms with Crippen LogP contribution in [0.3, 0.4) is 0 Å². The summed E-state index contributed by atoms with van der Waals surface area (Å²) in [6.07, 6.45) is 2.65. The molecule has 0 radical (unpaired) electrons. The van der Waals surface area contributed by atoms with Crippen LogP contribution in [-0.2, 0) is 4.74 Å². The van der Waals surface area contributed by atoms with Crippen LogP contribution in [0.1, 0.15) is 26.7 Å². The third-order valence-electron chi connectivity index (χ3n) is 3.38. The normalized spacial score (nSPS) is 21.7. The van der Waals surface area contributed by atoms with E-state index in [9.17, 15) is 0 Å². The first-order valence-electron chi connectivity index (χ1n) is 7.34. The summed E-state index contributed by atoms with van der Waals surface area (Å²) in [6.45, 7) is 11.5. The molecular formula is C14H30N2O2. The molecule has 2 N–H and O–H groups in total. The standard InChI is InChI=1S/C14H30N2O2/c1-13(2)10-15-11-14-4-3-5-16(12-14)6-8-18-9-7-17/h13-15,17H,3-12H2,1-2H3. The van der Waals surface area contributed by atoms with E-state index in [1.807, 2.05) is 0 Å². The highest BCUT2D eigenvalue weighted by Gasteiger charge is 2.19. The number of likely N-dealkylation sites (tertiary alicyclic amines) is 1. The summed E-state index contributed by atoms with van der Waals surface area (Å²) in [7, 11) is 0. The van der Waals surface area contributed by atoms with Crippen LogP contribution in [0.25, 0.3) is 0 Å². The van der Waals surface area contributed by atoms with Crippen LogP contribution in [0.2, 0.25) is 0 Å². The Morgan fingerprint density at radius 3 is 2.94 bits per heavy atom. The summed E-state index contributed by atoms with van der Waals surface area (Å²) in [6, 6.07) is 0. The highest BCUT2D eigenvalue weighted by atomic mass is 16.5. The first-order chi connectivity index (χ1) is 8.72. The minimum Gasteiger partial charge on any atom is -0.394 e. The second kappa shape index (κ2) is 9.73. The largest absolute Gasteiger partial charge is 0.394 e. The van der Waals surface area contributed by atoms with Crippen LogP contribution in [0.4, 0.5) is 0 Å². The van der Waals surface area contributed by atoms with Gasteiger partial charge in [-0.05, 0) is 44.3 Å². The summed E-state index contributed by atoms with van der Waals surface area (Å²) >= 11 is 0. The Morgan fingerprint density at radius 1 is 1.39 bits per heavy atom. The molecule has 4 nitrogen and oxygen atoms in total. The molecule has 1 saturated heterocycles. The molecule has 0 aromatic heterocycles. The molecule has 0 aromatic carbocycles. The number of nitrogens with one attached hydrogen (secondary N) is 1. The van der Waals surface area contributed by atoms with Crippen molar-refractivity contribution in [3.05, 3.63) is 0 Å². The molecule has 0 spiro atoms. The Balaban J connectivity index is 2.08. The van der Waals surface area contributed by atoms with E-state index in [0.717, 1.165) is 38.1 Å². The van der Waals surface area contributed by atoms with Gasteiger partial charge in [-0.2, -0.15) is 0 Å². The van der Waals surface area contributed by atoms with Gasteiger partial charge in [0.05, 0.1) is 19.8 Å². The van der Waals surface area contributed by atoms with E-state index in [2.05, 4.69) is 24.1 Å². The number of ether oxygens (including phenoxy) is 1. The van der Waals surface area contributed by atoms with Crippen molar-refractivity contribution >= 4 is 0 Å². The molecular weight excluding hydrogens is 228 g/mol. The van der Waals surface area contributed by atoms with E-state index < -0.39 is 0 Å². The zero-order chi connectivity index (χ0) is 13.2. The van der Waals surface area contributed by atoms with E-state index in [0.29, 0.717) is 6.61 Å². The molecule has 18 heavy (non-hydrogen) atoms. The maximum Gasteiger partial charge on any atom is 0.0698 e. The minimum atomic E-state index is 0.127. The third kappa shape index (κ3) is 7.31. The van der Waals surface area contributed by atoms with Crippen LogP contribution < -0.4 is 5.32 Å². The monoisotopic (exact) mass is 258 g/mol. The second-order valence-electron chi connectivity index (χ2n) is 5.70. The Labute approximate surface area is 112 Å². The van der Waals surface area contributed by atoms with Crippen LogP contribution >= 0.6 is 0 Å². The smallest absolute Gasteiger partial charge is 0.0698 e. The van der Waals surface area contributed by atoms with Gasteiger partial charge in [0.2, 0.25) is 0 Å². The highest BCUT2D eigenvalue weighted by molar-refractivity contribution is 4.74. The fraction of sp³-hybridized carbons (Fsp3) is 1.00.